The molecule has 1 nitrogen and oxygen atoms in total. The molecule has 0 N–H and O–H groups in total. The van der Waals surface area contributed by atoms with E-state index in [0.717, 1.165) is 16.6 Å². The summed E-state index contributed by atoms with van der Waals surface area (Å²) in [5.74, 6) is 0.619. The van der Waals surface area contributed by atoms with Crippen LogP contribution < -0.4 is 0 Å². The van der Waals surface area contributed by atoms with Gasteiger partial charge >= 0.3 is 0 Å². The van der Waals surface area contributed by atoms with Crippen molar-refractivity contribution in [3.63, 3.8) is 0 Å². The van der Waals surface area contributed by atoms with Crippen molar-refractivity contribution in [1.29, 1.82) is 0 Å². The molecule has 0 amide bonds. The summed E-state index contributed by atoms with van der Waals surface area (Å²) in [6.45, 7) is 4.40. The SMILES string of the molecule is CC(Br)C(C)Cc1ccc(Br)cn1. The molecule has 0 aromatic carbocycles. The van der Waals surface area contributed by atoms with Gasteiger partial charge in [0.05, 0.1) is 0 Å². The zero-order valence-electron chi connectivity index (χ0n) is 7.80. The molecule has 1 heterocycles. The van der Waals surface area contributed by atoms with E-state index < -0.39 is 0 Å². The summed E-state index contributed by atoms with van der Waals surface area (Å²) >= 11 is 6.94. The highest BCUT2D eigenvalue weighted by Gasteiger charge is 2.09. The number of halogens is 2. The molecule has 3 heteroatoms. The minimum absolute atomic E-state index is 0.540. The minimum Gasteiger partial charge on any atom is -0.260 e. The van der Waals surface area contributed by atoms with E-state index in [0.29, 0.717) is 10.7 Å². The van der Waals surface area contributed by atoms with E-state index in [2.05, 4.69) is 56.8 Å². The van der Waals surface area contributed by atoms with Gasteiger partial charge in [0.15, 0.2) is 0 Å². The standard InChI is InChI=1S/C10H13Br2N/c1-7(8(2)11)5-10-4-3-9(12)6-13-10/h3-4,6-8H,5H2,1-2H3. The van der Waals surface area contributed by atoms with Crippen LogP contribution in [0.25, 0.3) is 0 Å². The summed E-state index contributed by atoms with van der Waals surface area (Å²) in [4.78, 5) is 4.87. The molecule has 0 bridgehead atoms. The van der Waals surface area contributed by atoms with Crippen LogP contribution in [0.2, 0.25) is 0 Å². The van der Waals surface area contributed by atoms with Crippen molar-refractivity contribution in [3.05, 3.63) is 28.5 Å². The fourth-order valence-corrected chi connectivity index (χ4v) is 1.44. The highest BCUT2D eigenvalue weighted by Crippen LogP contribution is 2.17. The summed E-state index contributed by atoms with van der Waals surface area (Å²) in [5, 5.41) is 0. The van der Waals surface area contributed by atoms with Gasteiger partial charge in [-0.3, -0.25) is 4.98 Å². The Labute approximate surface area is 96.2 Å². The van der Waals surface area contributed by atoms with Crippen LogP contribution in [0.3, 0.4) is 0 Å². The summed E-state index contributed by atoms with van der Waals surface area (Å²) in [5.41, 5.74) is 1.15. The lowest BCUT2D eigenvalue weighted by Gasteiger charge is -2.12. The monoisotopic (exact) mass is 305 g/mol. The fourth-order valence-electron chi connectivity index (χ4n) is 1.02. The van der Waals surface area contributed by atoms with Crippen molar-refractivity contribution < 1.29 is 0 Å². The molecule has 0 fully saturated rings. The molecule has 0 aliphatic heterocycles. The van der Waals surface area contributed by atoms with Crippen LogP contribution in [0.5, 0.6) is 0 Å². The van der Waals surface area contributed by atoms with Gasteiger partial charge in [-0.05, 0) is 40.4 Å². The summed E-state index contributed by atoms with van der Waals surface area (Å²) < 4.78 is 1.04. The van der Waals surface area contributed by atoms with E-state index in [-0.39, 0.29) is 0 Å². The zero-order valence-corrected chi connectivity index (χ0v) is 11.0. The Kier molecular flexibility index (Phi) is 4.39. The highest BCUT2D eigenvalue weighted by molar-refractivity contribution is 9.10. The van der Waals surface area contributed by atoms with Gasteiger partial charge in [-0.2, -0.15) is 0 Å². The van der Waals surface area contributed by atoms with Crippen molar-refractivity contribution in [2.75, 3.05) is 0 Å². The molecule has 2 unspecified atom stereocenters. The third kappa shape index (κ3) is 3.77. The Hall–Kier alpha value is 0.110. The van der Waals surface area contributed by atoms with Gasteiger partial charge in [0.25, 0.3) is 0 Å². The first-order chi connectivity index (χ1) is 6.09. The smallest absolute Gasteiger partial charge is 0.0413 e. The van der Waals surface area contributed by atoms with Gasteiger partial charge in [0.1, 0.15) is 0 Å². The molecule has 1 aromatic rings. The van der Waals surface area contributed by atoms with Gasteiger partial charge in [0.2, 0.25) is 0 Å². The van der Waals surface area contributed by atoms with E-state index in [1.807, 2.05) is 12.3 Å². The largest absolute Gasteiger partial charge is 0.260 e. The first-order valence-corrected chi connectivity index (χ1v) is 6.05. The lowest BCUT2D eigenvalue weighted by Crippen LogP contribution is -2.10. The lowest BCUT2D eigenvalue weighted by atomic mass is 10.0. The molecule has 72 valence electrons. The normalized spacial score (nSPS) is 15.4. The molecule has 0 aliphatic rings. The van der Waals surface area contributed by atoms with Crippen molar-refractivity contribution >= 4 is 31.9 Å². The van der Waals surface area contributed by atoms with Crippen LogP contribution in [0.15, 0.2) is 22.8 Å². The van der Waals surface area contributed by atoms with Gasteiger partial charge in [-0.15, -0.1) is 0 Å². The molecule has 1 rings (SSSR count). The molecule has 0 radical (unpaired) electrons. The van der Waals surface area contributed by atoms with Gasteiger partial charge in [-0.1, -0.05) is 29.8 Å². The fraction of sp³-hybridized carbons (Fsp3) is 0.500. The second-order valence-electron chi connectivity index (χ2n) is 3.33. The number of alkyl halides is 1. The van der Waals surface area contributed by atoms with E-state index >= 15 is 0 Å². The van der Waals surface area contributed by atoms with Crippen LogP contribution in [0.1, 0.15) is 19.5 Å². The maximum Gasteiger partial charge on any atom is 0.0413 e. The van der Waals surface area contributed by atoms with Crippen LogP contribution in [0.4, 0.5) is 0 Å². The molecule has 0 spiro atoms. The van der Waals surface area contributed by atoms with Crippen molar-refractivity contribution in [2.45, 2.75) is 25.1 Å². The lowest BCUT2D eigenvalue weighted by molar-refractivity contribution is 0.573. The third-order valence-electron chi connectivity index (χ3n) is 2.10. The van der Waals surface area contributed by atoms with Crippen molar-refractivity contribution in [2.24, 2.45) is 5.92 Å². The molecule has 0 saturated carbocycles. The molecular weight excluding hydrogens is 294 g/mol. The number of rotatable bonds is 3. The number of aromatic nitrogens is 1. The molecular formula is C10H13Br2N. The molecule has 13 heavy (non-hydrogen) atoms. The molecule has 0 saturated heterocycles. The topological polar surface area (TPSA) is 12.9 Å². The number of hydrogen-bond donors (Lipinski definition) is 0. The van der Waals surface area contributed by atoms with E-state index in [9.17, 15) is 0 Å². The first-order valence-electron chi connectivity index (χ1n) is 4.34. The molecule has 0 aliphatic carbocycles. The van der Waals surface area contributed by atoms with E-state index in [4.69, 9.17) is 0 Å². The zero-order chi connectivity index (χ0) is 9.84. The predicted octanol–water partition coefficient (Wildman–Crippen LogP) is 3.81. The Bertz CT molecular complexity index is 256. The van der Waals surface area contributed by atoms with Crippen molar-refractivity contribution in [1.82, 2.24) is 4.98 Å². The third-order valence-corrected chi connectivity index (χ3v) is 3.48. The van der Waals surface area contributed by atoms with Crippen molar-refractivity contribution in [3.8, 4) is 0 Å². The second kappa shape index (κ2) is 5.11. The second-order valence-corrected chi connectivity index (χ2v) is 5.69. The quantitative estimate of drug-likeness (QED) is 0.774. The summed E-state index contributed by atoms with van der Waals surface area (Å²) in [6, 6.07) is 4.10. The molecule has 2 atom stereocenters. The van der Waals surface area contributed by atoms with Gasteiger partial charge in [0, 0.05) is 21.2 Å². The minimum atomic E-state index is 0.540. The maximum absolute atomic E-state index is 4.33. The Morgan fingerprint density at radius 3 is 2.54 bits per heavy atom. The van der Waals surface area contributed by atoms with Crippen LogP contribution in [0, 0.1) is 5.92 Å². The Balaban J connectivity index is 2.59. The van der Waals surface area contributed by atoms with E-state index in [1.165, 1.54) is 0 Å². The van der Waals surface area contributed by atoms with Crippen LogP contribution >= 0.6 is 31.9 Å². The number of hydrogen-bond acceptors (Lipinski definition) is 1. The number of pyridine rings is 1. The summed E-state index contributed by atoms with van der Waals surface area (Å²) in [7, 11) is 0. The van der Waals surface area contributed by atoms with Crippen LogP contribution in [-0.2, 0) is 6.42 Å². The average Bonchev–Trinajstić information content (AvgIpc) is 2.08. The highest BCUT2D eigenvalue weighted by atomic mass is 79.9. The van der Waals surface area contributed by atoms with Crippen LogP contribution in [-0.4, -0.2) is 9.81 Å². The first kappa shape index (κ1) is 11.2. The predicted molar refractivity (Wildman–Crippen MR) is 63.2 cm³/mol. The average molecular weight is 307 g/mol. The van der Waals surface area contributed by atoms with Gasteiger partial charge in [-0.25, -0.2) is 0 Å². The molecule has 1 aromatic heterocycles. The van der Waals surface area contributed by atoms with E-state index in [1.54, 1.807) is 0 Å². The Morgan fingerprint density at radius 2 is 2.08 bits per heavy atom. The maximum atomic E-state index is 4.33. The Morgan fingerprint density at radius 1 is 1.38 bits per heavy atom. The summed E-state index contributed by atoms with van der Waals surface area (Å²) in [6.07, 6.45) is 2.88. The van der Waals surface area contributed by atoms with Gasteiger partial charge < -0.3 is 0 Å². The number of nitrogens with zero attached hydrogens (tertiary/aromatic N) is 1.